The fraction of sp³-hybridized carbons (Fsp3) is 0.250. The number of nitrogen functional groups attached to an aromatic ring is 1. The van der Waals surface area contributed by atoms with E-state index in [-0.39, 0.29) is 0 Å². The summed E-state index contributed by atoms with van der Waals surface area (Å²) in [6.07, 6.45) is 0. The van der Waals surface area contributed by atoms with Crippen LogP contribution in [0.3, 0.4) is 0 Å². The molecule has 2 rings (SSSR count). The number of benzene rings is 1. The van der Waals surface area contributed by atoms with Gasteiger partial charge in [-0.15, -0.1) is 0 Å². The maximum absolute atomic E-state index is 6.22. The highest BCUT2D eigenvalue weighted by Gasteiger charge is 2.19. The first-order valence-electron chi connectivity index (χ1n) is 5.22. The van der Waals surface area contributed by atoms with Gasteiger partial charge in [-0.05, 0) is 6.92 Å². The van der Waals surface area contributed by atoms with Gasteiger partial charge in [0.15, 0.2) is 23.1 Å². The smallest absolute Gasteiger partial charge is 0.170 e. The monoisotopic (exact) mass is 268 g/mol. The van der Waals surface area contributed by atoms with Gasteiger partial charge in [0.25, 0.3) is 0 Å². The van der Waals surface area contributed by atoms with Crippen LogP contribution in [-0.4, -0.2) is 19.4 Å². The third-order valence-corrected chi connectivity index (χ3v) is 2.93. The Morgan fingerprint density at radius 1 is 1.28 bits per heavy atom. The Labute approximate surface area is 109 Å². The number of rotatable bonds is 3. The summed E-state index contributed by atoms with van der Waals surface area (Å²) in [5.41, 5.74) is 7.04. The number of hydrogen-bond acceptors (Lipinski definition) is 5. The number of methoxy groups -OCH3 is 2. The summed E-state index contributed by atoms with van der Waals surface area (Å²) < 4.78 is 15.7. The van der Waals surface area contributed by atoms with Crippen LogP contribution < -0.4 is 15.2 Å². The number of nitrogens with two attached hydrogens (primary N) is 1. The third-order valence-electron chi connectivity index (χ3n) is 2.63. The Kier molecular flexibility index (Phi) is 3.34. The first kappa shape index (κ1) is 12.6. The first-order valence-corrected chi connectivity index (χ1v) is 5.60. The van der Waals surface area contributed by atoms with E-state index in [9.17, 15) is 0 Å². The Morgan fingerprint density at radius 3 is 2.50 bits per heavy atom. The minimum absolute atomic E-state index is 0.301. The van der Waals surface area contributed by atoms with Gasteiger partial charge in [-0.25, -0.2) is 0 Å². The number of anilines is 1. The van der Waals surface area contributed by atoms with Gasteiger partial charge < -0.3 is 19.7 Å². The number of ether oxygens (including phenoxy) is 2. The molecule has 0 aliphatic carbocycles. The van der Waals surface area contributed by atoms with Crippen LogP contribution in [0, 0.1) is 6.92 Å². The zero-order chi connectivity index (χ0) is 13.3. The third kappa shape index (κ3) is 1.97. The molecule has 0 bridgehead atoms. The topological polar surface area (TPSA) is 70.5 Å². The largest absolute Gasteiger partial charge is 0.493 e. The number of nitrogens with zero attached hydrogens (tertiary/aromatic N) is 1. The SMILES string of the molecule is COc1cc(Cl)c(-c2cc(N)no2)c(C)c1OC. The minimum Gasteiger partial charge on any atom is -0.493 e. The molecule has 1 aromatic heterocycles. The van der Waals surface area contributed by atoms with Gasteiger partial charge in [-0.1, -0.05) is 16.8 Å². The minimum atomic E-state index is 0.301. The second kappa shape index (κ2) is 4.78. The fourth-order valence-corrected chi connectivity index (χ4v) is 2.18. The van der Waals surface area contributed by atoms with Crippen molar-refractivity contribution < 1.29 is 14.0 Å². The molecule has 0 aliphatic rings. The van der Waals surface area contributed by atoms with Gasteiger partial charge in [-0.3, -0.25) is 0 Å². The lowest BCUT2D eigenvalue weighted by molar-refractivity contribution is 0.353. The van der Waals surface area contributed by atoms with Crippen molar-refractivity contribution in [3.05, 3.63) is 22.7 Å². The first-order chi connectivity index (χ1) is 8.58. The van der Waals surface area contributed by atoms with Crippen molar-refractivity contribution in [2.75, 3.05) is 20.0 Å². The van der Waals surface area contributed by atoms with Gasteiger partial charge >= 0.3 is 0 Å². The molecule has 0 saturated heterocycles. The van der Waals surface area contributed by atoms with Crippen molar-refractivity contribution in [2.45, 2.75) is 6.92 Å². The van der Waals surface area contributed by atoms with Crippen LogP contribution in [0.4, 0.5) is 5.82 Å². The molecule has 0 atom stereocenters. The van der Waals surface area contributed by atoms with Gasteiger partial charge in [0.1, 0.15) is 0 Å². The predicted molar refractivity (Wildman–Crippen MR) is 69.2 cm³/mol. The van der Waals surface area contributed by atoms with Crippen molar-refractivity contribution in [3.63, 3.8) is 0 Å². The van der Waals surface area contributed by atoms with Crippen molar-refractivity contribution in [3.8, 4) is 22.8 Å². The summed E-state index contributed by atoms with van der Waals surface area (Å²) in [7, 11) is 3.12. The number of hydrogen-bond donors (Lipinski definition) is 1. The summed E-state index contributed by atoms with van der Waals surface area (Å²) >= 11 is 6.22. The van der Waals surface area contributed by atoms with Crippen molar-refractivity contribution in [2.24, 2.45) is 0 Å². The molecule has 2 aromatic rings. The van der Waals surface area contributed by atoms with E-state index in [1.54, 1.807) is 26.4 Å². The summed E-state index contributed by atoms with van der Waals surface area (Å²) in [4.78, 5) is 0. The average molecular weight is 269 g/mol. The molecular weight excluding hydrogens is 256 g/mol. The van der Waals surface area contributed by atoms with Crippen LogP contribution in [-0.2, 0) is 0 Å². The highest BCUT2D eigenvalue weighted by atomic mass is 35.5. The molecule has 0 saturated carbocycles. The van der Waals surface area contributed by atoms with Crippen molar-refractivity contribution in [1.29, 1.82) is 0 Å². The Bertz CT molecular complexity index is 581. The lowest BCUT2D eigenvalue weighted by Gasteiger charge is -2.14. The highest BCUT2D eigenvalue weighted by molar-refractivity contribution is 6.33. The lowest BCUT2D eigenvalue weighted by atomic mass is 10.0. The van der Waals surface area contributed by atoms with Crippen LogP contribution in [0.2, 0.25) is 5.02 Å². The van der Waals surface area contributed by atoms with Crippen LogP contribution in [0.1, 0.15) is 5.56 Å². The molecule has 18 heavy (non-hydrogen) atoms. The normalized spacial score (nSPS) is 10.4. The molecule has 1 aromatic carbocycles. The van der Waals surface area contributed by atoms with Gasteiger partial charge in [-0.2, -0.15) is 0 Å². The summed E-state index contributed by atoms with van der Waals surface area (Å²) in [5.74, 6) is 1.97. The molecule has 0 fully saturated rings. The van der Waals surface area contributed by atoms with Crippen LogP contribution in [0.15, 0.2) is 16.7 Å². The van der Waals surface area contributed by atoms with E-state index < -0.39 is 0 Å². The zero-order valence-electron chi connectivity index (χ0n) is 10.3. The quantitative estimate of drug-likeness (QED) is 0.927. The van der Waals surface area contributed by atoms with E-state index in [4.69, 9.17) is 31.3 Å². The Balaban J connectivity index is 2.68. The molecule has 0 radical (unpaired) electrons. The molecule has 5 nitrogen and oxygen atoms in total. The van der Waals surface area contributed by atoms with Gasteiger partial charge in [0.2, 0.25) is 0 Å². The van der Waals surface area contributed by atoms with Gasteiger partial charge in [0.05, 0.1) is 19.2 Å². The standard InChI is InChI=1S/C12H13ClN2O3/c1-6-11(8-5-10(14)15-18-8)7(13)4-9(16-2)12(6)17-3/h4-5H,1-3H3,(H2,14,15). The second-order valence-corrected chi connectivity index (χ2v) is 4.12. The fourth-order valence-electron chi connectivity index (χ4n) is 1.84. The van der Waals surface area contributed by atoms with Crippen LogP contribution in [0.25, 0.3) is 11.3 Å². The molecule has 0 aliphatic heterocycles. The average Bonchev–Trinajstić information content (AvgIpc) is 2.75. The number of aromatic nitrogens is 1. The molecule has 6 heteroatoms. The molecule has 0 spiro atoms. The molecule has 96 valence electrons. The maximum atomic E-state index is 6.22. The predicted octanol–water partition coefficient (Wildman–Crippen LogP) is 2.90. The number of halogens is 1. The second-order valence-electron chi connectivity index (χ2n) is 3.71. The molecule has 0 amide bonds. The van der Waals surface area contributed by atoms with Crippen molar-refractivity contribution >= 4 is 17.4 Å². The summed E-state index contributed by atoms with van der Waals surface area (Å²) in [5, 5.41) is 4.13. The van der Waals surface area contributed by atoms with Crippen LogP contribution in [0.5, 0.6) is 11.5 Å². The lowest BCUT2D eigenvalue weighted by Crippen LogP contribution is -1.96. The molecule has 0 unspecified atom stereocenters. The van der Waals surface area contributed by atoms with E-state index in [2.05, 4.69) is 5.16 Å². The van der Waals surface area contributed by atoms with Crippen LogP contribution >= 0.6 is 11.6 Å². The molecule has 2 N–H and O–H groups in total. The Morgan fingerprint density at radius 2 is 2.00 bits per heavy atom. The van der Waals surface area contributed by atoms with E-state index in [1.165, 1.54) is 0 Å². The molecule has 1 heterocycles. The van der Waals surface area contributed by atoms with E-state index in [0.29, 0.717) is 33.7 Å². The zero-order valence-corrected chi connectivity index (χ0v) is 11.0. The van der Waals surface area contributed by atoms with Crippen molar-refractivity contribution in [1.82, 2.24) is 5.16 Å². The van der Waals surface area contributed by atoms with E-state index in [0.717, 1.165) is 5.56 Å². The summed E-state index contributed by atoms with van der Waals surface area (Å²) in [6.45, 7) is 1.86. The molecular formula is C12H13ClN2O3. The Hall–Kier alpha value is -1.88. The summed E-state index contributed by atoms with van der Waals surface area (Å²) in [6, 6.07) is 3.28. The highest BCUT2D eigenvalue weighted by Crippen LogP contribution is 2.42. The van der Waals surface area contributed by atoms with E-state index >= 15 is 0 Å². The maximum Gasteiger partial charge on any atom is 0.170 e. The van der Waals surface area contributed by atoms with E-state index in [1.807, 2.05) is 6.92 Å². The van der Waals surface area contributed by atoms with Gasteiger partial charge in [0, 0.05) is 23.3 Å².